The van der Waals surface area contributed by atoms with E-state index in [0.717, 1.165) is 85.2 Å². The van der Waals surface area contributed by atoms with Crippen molar-refractivity contribution in [1.29, 1.82) is 0 Å². The number of pyridine rings is 2. The first-order chi connectivity index (χ1) is 22.9. The Morgan fingerprint density at radius 1 is 0.957 bits per heavy atom. The molecule has 0 radical (unpaired) electrons. The normalized spacial score (nSPS) is 18.3. The summed E-state index contributed by atoms with van der Waals surface area (Å²) in [7, 11) is 2.19. The molecule has 6 heterocycles. The van der Waals surface area contributed by atoms with Crippen LogP contribution >= 0.6 is 0 Å². The molecule has 238 valence electrons. The minimum Gasteiger partial charge on any atom is -0.383 e. The predicted octanol–water partition coefficient (Wildman–Crippen LogP) is 4.62. The number of nitrogens with zero attached hydrogens (tertiary/aromatic N) is 7. The smallest absolute Gasteiger partial charge is 0.245 e. The average Bonchev–Trinajstić information content (AvgIpc) is 3.67. The first-order valence-corrected chi connectivity index (χ1v) is 15.9. The molecule has 8 rings (SSSR count). The summed E-state index contributed by atoms with van der Waals surface area (Å²) in [6.45, 7) is 8.85. The third-order valence-corrected chi connectivity index (χ3v) is 9.43. The summed E-state index contributed by atoms with van der Waals surface area (Å²) in [5.41, 5.74) is 13.3. The van der Waals surface area contributed by atoms with Gasteiger partial charge in [-0.25, -0.2) is 15.0 Å². The van der Waals surface area contributed by atoms with Gasteiger partial charge in [0, 0.05) is 55.6 Å². The van der Waals surface area contributed by atoms with E-state index in [1.165, 1.54) is 18.1 Å². The van der Waals surface area contributed by atoms with Crippen molar-refractivity contribution < 1.29 is 9.59 Å². The monoisotopic (exact) mass is 626 g/mol. The Bertz CT molecular complexity index is 1920. The van der Waals surface area contributed by atoms with Crippen LogP contribution in [0.15, 0.2) is 97.7 Å². The molecule has 10 nitrogen and oxygen atoms in total. The van der Waals surface area contributed by atoms with Crippen LogP contribution in [0, 0.1) is 5.41 Å². The molecule has 0 saturated carbocycles. The number of hydrogen-bond donors (Lipinski definition) is 1. The zero-order valence-electron chi connectivity index (χ0n) is 26.5. The van der Waals surface area contributed by atoms with Gasteiger partial charge in [0.05, 0.1) is 11.3 Å². The molecule has 3 saturated heterocycles. The van der Waals surface area contributed by atoms with E-state index in [2.05, 4.69) is 64.5 Å². The maximum atomic E-state index is 11.1. The molecule has 3 aromatic heterocycles. The average molecular weight is 627 g/mol. The molecule has 2 aromatic carbocycles. The molecule has 1 unspecified atom stereocenters. The van der Waals surface area contributed by atoms with Crippen LogP contribution in [0.5, 0.6) is 0 Å². The molecule has 1 atom stereocenters. The zero-order chi connectivity index (χ0) is 32.5. The molecular weight excluding hydrogens is 588 g/mol. The summed E-state index contributed by atoms with van der Waals surface area (Å²) >= 11 is 0. The molecule has 2 N–H and O–H groups in total. The van der Waals surface area contributed by atoms with E-state index < -0.39 is 0 Å². The SMILES string of the molecule is C=CC(=O)N1CC2(CN(C=O)C2)C1.CN1CCC(c2ccc(-n3c(-c4cccnc4N)nc4ccc(-c5ccccc5)nc43)cc2)C1. The van der Waals surface area contributed by atoms with E-state index in [-0.39, 0.29) is 11.3 Å². The number of anilines is 1. The van der Waals surface area contributed by atoms with Crippen molar-refractivity contribution in [3.8, 4) is 28.3 Å². The van der Waals surface area contributed by atoms with Crippen LogP contribution in [0.1, 0.15) is 17.9 Å². The minimum atomic E-state index is -0.00446. The van der Waals surface area contributed by atoms with E-state index in [0.29, 0.717) is 11.7 Å². The van der Waals surface area contributed by atoms with Gasteiger partial charge in [-0.3, -0.25) is 14.2 Å². The summed E-state index contributed by atoms with van der Waals surface area (Å²) in [5.74, 6) is 1.77. The van der Waals surface area contributed by atoms with Gasteiger partial charge in [0.1, 0.15) is 11.3 Å². The lowest BCUT2D eigenvalue weighted by Gasteiger charge is -2.59. The third-order valence-electron chi connectivity index (χ3n) is 9.43. The van der Waals surface area contributed by atoms with E-state index in [9.17, 15) is 9.59 Å². The quantitative estimate of drug-likeness (QED) is 0.216. The van der Waals surface area contributed by atoms with Crippen LogP contribution in [0.25, 0.3) is 39.5 Å². The van der Waals surface area contributed by atoms with Gasteiger partial charge in [0.15, 0.2) is 11.5 Å². The number of carbonyl (C=O) groups excluding carboxylic acids is 2. The van der Waals surface area contributed by atoms with Gasteiger partial charge in [-0.05, 0) is 74.0 Å². The third kappa shape index (κ3) is 5.88. The molecule has 1 spiro atoms. The summed E-state index contributed by atoms with van der Waals surface area (Å²) < 4.78 is 2.10. The minimum absolute atomic E-state index is 0.00446. The summed E-state index contributed by atoms with van der Waals surface area (Å²) in [6, 6.07) is 26.9. The highest BCUT2D eigenvalue weighted by Crippen LogP contribution is 2.39. The van der Waals surface area contributed by atoms with Gasteiger partial charge in [-0.2, -0.15) is 0 Å². The van der Waals surface area contributed by atoms with E-state index >= 15 is 0 Å². The molecule has 2 amide bonds. The van der Waals surface area contributed by atoms with Gasteiger partial charge in [0.25, 0.3) is 0 Å². The Hall–Kier alpha value is -5.35. The number of hydrogen-bond acceptors (Lipinski definition) is 7. The lowest BCUT2D eigenvalue weighted by Crippen LogP contribution is -2.72. The predicted molar refractivity (Wildman–Crippen MR) is 184 cm³/mol. The summed E-state index contributed by atoms with van der Waals surface area (Å²) in [6.07, 6.45) is 5.10. The molecule has 47 heavy (non-hydrogen) atoms. The highest BCUT2D eigenvalue weighted by Gasteiger charge is 2.52. The van der Waals surface area contributed by atoms with Gasteiger partial charge in [-0.1, -0.05) is 49.0 Å². The molecule has 0 aliphatic carbocycles. The van der Waals surface area contributed by atoms with Gasteiger partial charge >= 0.3 is 0 Å². The van der Waals surface area contributed by atoms with Crippen molar-refractivity contribution in [1.82, 2.24) is 34.2 Å². The van der Waals surface area contributed by atoms with Crippen molar-refractivity contribution in [2.75, 3.05) is 52.0 Å². The first-order valence-electron chi connectivity index (χ1n) is 15.9. The highest BCUT2D eigenvalue weighted by atomic mass is 16.2. The fourth-order valence-electron chi connectivity index (χ4n) is 7.00. The number of likely N-dealkylation sites (N-methyl/N-ethyl adjacent to an activating group) is 1. The van der Waals surface area contributed by atoms with Crippen molar-refractivity contribution in [2.45, 2.75) is 12.3 Å². The maximum Gasteiger partial charge on any atom is 0.245 e. The maximum absolute atomic E-state index is 11.1. The largest absolute Gasteiger partial charge is 0.383 e. The van der Waals surface area contributed by atoms with E-state index in [4.69, 9.17) is 15.7 Å². The molecule has 3 aliphatic rings. The number of likely N-dealkylation sites (tertiary alicyclic amines) is 3. The second kappa shape index (κ2) is 12.4. The van der Waals surface area contributed by atoms with Crippen LogP contribution in [-0.4, -0.2) is 92.9 Å². The van der Waals surface area contributed by atoms with Gasteiger partial charge in [-0.15, -0.1) is 0 Å². The lowest BCUT2D eigenvalue weighted by atomic mass is 9.73. The Balaban J connectivity index is 0.000000226. The number of fused-ring (bicyclic) bond motifs is 1. The van der Waals surface area contributed by atoms with Crippen LogP contribution in [0.2, 0.25) is 0 Å². The van der Waals surface area contributed by atoms with Crippen molar-refractivity contribution >= 4 is 29.3 Å². The van der Waals surface area contributed by atoms with Crippen LogP contribution in [0.3, 0.4) is 0 Å². The van der Waals surface area contributed by atoms with Crippen molar-refractivity contribution in [2.24, 2.45) is 5.41 Å². The Kier molecular flexibility index (Phi) is 8.03. The topological polar surface area (TPSA) is 113 Å². The molecule has 10 heteroatoms. The van der Waals surface area contributed by atoms with Crippen LogP contribution < -0.4 is 5.73 Å². The Labute approximate surface area is 274 Å². The number of nitrogen functional groups attached to an aromatic ring is 1. The number of amides is 2. The summed E-state index contributed by atoms with van der Waals surface area (Å²) in [5, 5.41) is 0. The number of imidazole rings is 1. The number of nitrogens with two attached hydrogens (primary N) is 1. The number of rotatable bonds is 6. The van der Waals surface area contributed by atoms with Crippen molar-refractivity contribution in [3.05, 3.63) is 103 Å². The molecule has 0 bridgehead atoms. The molecule has 3 fully saturated rings. The van der Waals surface area contributed by atoms with Gasteiger partial charge < -0.3 is 20.4 Å². The van der Waals surface area contributed by atoms with Crippen LogP contribution in [-0.2, 0) is 9.59 Å². The first kappa shape index (κ1) is 30.3. The standard InChI is InChI=1S/C28H26N6.C9H12N2O2/c1-33-17-15-21(18-33)19-9-11-22(12-10-19)34-27(23-8-5-16-30-26(23)29)32-25-14-13-24(31-28(25)34)20-6-3-2-4-7-20;1-2-8(13)11-5-9(6-11)3-10(4-9)7-12/h2-14,16,21H,15,17-18H2,1H3,(H2,29,30);2,7H,1,3-6H2. The van der Waals surface area contributed by atoms with E-state index in [1.807, 2.05) is 42.5 Å². The lowest BCUT2D eigenvalue weighted by molar-refractivity contribution is -0.158. The Morgan fingerprint density at radius 2 is 1.72 bits per heavy atom. The molecule has 5 aromatic rings. The fraction of sp³-hybridized carbons (Fsp3) is 0.270. The highest BCUT2D eigenvalue weighted by molar-refractivity contribution is 5.88. The van der Waals surface area contributed by atoms with Gasteiger partial charge in [0.2, 0.25) is 12.3 Å². The number of aromatic nitrogens is 4. The fourth-order valence-corrected chi connectivity index (χ4v) is 7.00. The second-order valence-electron chi connectivity index (χ2n) is 12.9. The van der Waals surface area contributed by atoms with Crippen LogP contribution in [0.4, 0.5) is 5.82 Å². The second-order valence-corrected chi connectivity index (χ2v) is 12.9. The molecule has 3 aliphatic heterocycles. The Morgan fingerprint density at radius 3 is 2.38 bits per heavy atom. The van der Waals surface area contributed by atoms with Crippen molar-refractivity contribution in [3.63, 3.8) is 0 Å². The van der Waals surface area contributed by atoms with E-state index in [1.54, 1.807) is 16.0 Å². The number of carbonyl (C=O) groups is 2. The molecular formula is C37H38N8O2. The zero-order valence-corrected chi connectivity index (χ0v) is 26.5. The number of benzene rings is 2. The summed E-state index contributed by atoms with van der Waals surface area (Å²) in [4.78, 5) is 41.6.